The maximum absolute atomic E-state index is 11.9. The van der Waals surface area contributed by atoms with Crippen LogP contribution in [0.15, 0.2) is 72.8 Å². The fourth-order valence-electron chi connectivity index (χ4n) is 2.76. The highest BCUT2D eigenvalue weighted by atomic mass is 16.5. The number of nitrogens with one attached hydrogen (secondary N) is 1. The zero-order valence-corrected chi connectivity index (χ0v) is 15.1. The number of hydrogen-bond donors (Lipinski definition) is 1. The molecule has 0 atom stereocenters. The van der Waals surface area contributed by atoms with E-state index in [0.29, 0.717) is 5.69 Å². The van der Waals surface area contributed by atoms with Crippen molar-refractivity contribution in [3.63, 3.8) is 0 Å². The second-order valence-electron chi connectivity index (χ2n) is 6.11. The van der Waals surface area contributed by atoms with Crippen LogP contribution in [0.2, 0.25) is 0 Å². The van der Waals surface area contributed by atoms with Gasteiger partial charge in [0.25, 0.3) is 5.91 Å². The number of benzene rings is 3. The van der Waals surface area contributed by atoms with Gasteiger partial charge in [-0.25, -0.2) is 4.79 Å². The molecule has 1 N–H and O–H groups in total. The first-order valence-electron chi connectivity index (χ1n) is 8.87. The van der Waals surface area contributed by atoms with E-state index in [1.165, 1.54) is 11.6 Å². The van der Waals surface area contributed by atoms with E-state index in [4.69, 9.17) is 4.74 Å². The first-order chi connectivity index (χ1) is 13.2. The summed E-state index contributed by atoms with van der Waals surface area (Å²) in [5.74, 6) is -0.925. The van der Waals surface area contributed by atoms with Crippen LogP contribution in [0, 0.1) is 0 Å². The van der Waals surface area contributed by atoms with Crippen LogP contribution in [0.25, 0.3) is 16.8 Å². The molecule has 136 valence electrons. The highest BCUT2D eigenvalue weighted by molar-refractivity contribution is 5.96. The maximum atomic E-state index is 11.9. The Morgan fingerprint density at radius 2 is 1.70 bits per heavy atom. The number of hydrogen-bond acceptors (Lipinski definition) is 3. The standard InChI is InChI=1S/C23H21NO3/c1-2-17-10-13-20(14-11-17)24-22(25)16-27-23(26)15-12-19-8-5-7-18-6-3-4-9-21(18)19/h3-15H,2,16H2,1H3,(H,24,25). The van der Waals surface area contributed by atoms with Gasteiger partial charge in [0.1, 0.15) is 0 Å². The lowest BCUT2D eigenvalue weighted by atomic mass is 10.0. The van der Waals surface area contributed by atoms with Crippen molar-refractivity contribution in [1.82, 2.24) is 0 Å². The molecule has 1 amide bonds. The van der Waals surface area contributed by atoms with Crippen LogP contribution in [0.1, 0.15) is 18.1 Å². The minimum Gasteiger partial charge on any atom is -0.452 e. The second kappa shape index (κ2) is 8.81. The summed E-state index contributed by atoms with van der Waals surface area (Å²) in [6.07, 6.45) is 3.98. The first kappa shape index (κ1) is 18.4. The molecule has 27 heavy (non-hydrogen) atoms. The van der Waals surface area contributed by atoms with Crippen LogP contribution in [0.5, 0.6) is 0 Å². The highest BCUT2D eigenvalue weighted by Gasteiger charge is 2.06. The number of carbonyl (C=O) groups excluding carboxylic acids is 2. The van der Waals surface area contributed by atoms with Crippen molar-refractivity contribution in [2.75, 3.05) is 11.9 Å². The van der Waals surface area contributed by atoms with Gasteiger partial charge >= 0.3 is 5.97 Å². The lowest BCUT2D eigenvalue weighted by molar-refractivity contribution is -0.142. The number of rotatable bonds is 6. The zero-order valence-electron chi connectivity index (χ0n) is 15.1. The van der Waals surface area contributed by atoms with E-state index in [1.807, 2.05) is 66.7 Å². The average Bonchev–Trinajstić information content (AvgIpc) is 2.71. The Hall–Kier alpha value is -3.40. The fourth-order valence-corrected chi connectivity index (χ4v) is 2.76. The van der Waals surface area contributed by atoms with Gasteiger partial charge in [0.15, 0.2) is 6.61 Å². The molecule has 0 aliphatic carbocycles. The molecule has 0 radical (unpaired) electrons. The van der Waals surface area contributed by atoms with Crippen LogP contribution in [-0.4, -0.2) is 18.5 Å². The van der Waals surface area contributed by atoms with Gasteiger partial charge in [0.05, 0.1) is 0 Å². The largest absolute Gasteiger partial charge is 0.452 e. The minimum absolute atomic E-state index is 0.325. The molecular weight excluding hydrogens is 338 g/mol. The predicted molar refractivity (Wildman–Crippen MR) is 108 cm³/mol. The van der Waals surface area contributed by atoms with Gasteiger partial charge in [0, 0.05) is 11.8 Å². The molecular formula is C23H21NO3. The Labute approximate surface area is 158 Å². The van der Waals surface area contributed by atoms with Crippen molar-refractivity contribution in [3.8, 4) is 0 Å². The summed E-state index contributed by atoms with van der Waals surface area (Å²) in [5, 5.41) is 4.86. The fraction of sp³-hybridized carbons (Fsp3) is 0.130. The molecule has 0 aliphatic heterocycles. The summed E-state index contributed by atoms with van der Waals surface area (Å²) in [6.45, 7) is 1.74. The van der Waals surface area contributed by atoms with E-state index in [-0.39, 0.29) is 12.5 Å². The molecule has 0 unspecified atom stereocenters. The lowest BCUT2D eigenvalue weighted by Crippen LogP contribution is -2.20. The summed E-state index contributed by atoms with van der Waals surface area (Å²) in [5.41, 5.74) is 2.79. The number of ether oxygens (including phenoxy) is 1. The van der Waals surface area contributed by atoms with Gasteiger partial charge in [-0.15, -0.1) is 0 Å². The third kappa shape index (κ3) is 5.05. The number of amides is 1. The maximum Gasteiger partial charge on any atom is 0.331 e. The number of esters is 1. The summed E-state index contributed by atoms with van der Waals surface area (Å²) in [6, 6.07) is 21.4. The molecule has 0 aromatic heterocycles. The van der Waals surface area contributed by atoms with Crippen molar-refractivity contribution in [1.29, 1.82) is 0 Å². The molecule has 0 spiro atoms. The normalized spacial score (nSPS) is 10.9. The quantitative estimate of drug-likeness (QED) is 0.517. The van der Waals surface area contributed by atoms with Crippen molar-refractivity contribution in [2.24, 2.45) is 0 Å². The van der Waals surface area contributed by atoms with E-state index >= 15 is 0 Å². The SMILES string of the molecule is CCc1ccc(NC(=O)COC(=O)C=Cc2cccc3ccccc23)cc1. The van der Waals surface area contributed by atoms with Crippen molar-refractivity contribution in [2.45, 2.75) is 13.3 Å². The molecule has 0 bridgehead atoms. The Morgan fingerprint density at radius 1 is 0.963 bits per heavy atom. The van der Waals surface area contributed by atoms with Crippen LogP contribution in [0.4, 0.5) is 5.69 Å². The third-order valence-corrected chi connectivity index (χ3v) is 4.21. The molecule has 3 rings (SSSR count). The zero-order chi connectivity index (χ0) is 19.1. The molecule has 3 aromatic rings. The molecule has 0 aliphatic rings. The topological polar surface area (TPSA) is 55.4 Å². The molecule has 0 saturated heterocycles. The van der Waals surface area contributed by atoms with Crippen LogP contribution >= 0.6 is 0 Å². The van der Waals surface area contributed by atoms with Gasteiger partial charge < -0.3 is 10.1 Å². The molecule has 4 nitrogen and oxygen atoms in total. The molecule has 0 fully saturated rings. The minimum atomic E-state index is -0.556. The molecule has 3 aromatic carbocycles. The monoisotopic (exact) mass is 359 g/mol. The summed E-state index contributed by atoms with van der Waals surface area (Å²) < 4.78 is 5.02. The number of fused-ring (bicyclic) bond motifs is 1. The Kier molecular flexibility index (Phi) is 6.00. The van der Waals surface area contributed by atoms with Crippen LogP contribution < -0.4 is 5.32 Å². The molecule has 4 heteroatoms. The summed E-state index contributed by atoms with van der Waals surface area (Å²) >= 11 is 0. The predicted octanol–water partition coefficient (Wildman–Crippen LogP) is 4.60. The van der Waals surface area contributed by atoms with E-state index in [2.05, 4.69) is 12.2 Å². The van der Waals surface area contributed by atoms with Gasteiger partial charge in [0.2, 0.25) is 0 Å². The Morgan fingerprint density at radius 3 is 2.48 bits per heavy atom. The van der Waals surface area contributed by atoms with E-state index in [9.17, 15) is 9.59 Å². The lowest BCUT2D eigenvalue weighted by Gasteiger charge is -2.06. The van der Waals surface area contributed by atoms with E-state index in [1.54, 1.807) is 6.08 Å². The summed E-state index contributed by atoms with van der Waals surface area (Å²) in [7, 11) is 0. The number of aryl methyl sites for hydroxylation is 1. The molecule has 0 saturated carbocycles. The number of anilines is 1. The van der Waals surface area contributed by atoms with E-state index < -0.39 is 5.97 Å². The summed E-state index contributed by atoms with van der Waals surface area (Å²) in [4.78, 5) is 23.8. The highest BCUT2D eigenvalue weighted by Crippen LogP contribution is 2.19. The van der Waals surface area contributed by atoms with Crippen molar-refractivity contribution in [3.05, 3.63) is 83.9 Å². The van der Waals surface area contributed by atoms with Crippen LogP contribution in [-0.2, 0) is 20.7 Å². The van der Waals surface area contributed by atoms with Crippen LogP contribution in [0.3, 0.4) is 0 Å². The smallest absolute Gasteiger partial charge is 0.331 e. The average molecular weight is 359 g/mol. The first-order valence-corrected chi connectivity index (χ1v) is 8.87. The van der Waals surface area contributed by atoms with Gasteiger partial charge in [-0.3, -0.25) is 4.79 Å². The van der Waals surface area contributed by atoms with Crippen molar-refractivity contribution >= 4 is 34.4 Å². The molecule has 0 heterocycles. The number of carbonyl (C=O) groups is 2. The van der Waals surface area contributed by atoms with E-state index in [0.717, 1.165) is 22.8 Å². The van der Waals surface area contributed by atoms with Gasteiger partial charge in [-0.1, -0.05) is 61.5 Å². The second-order valence-corrected chi connectivity index (χ2v) is 6.11. The Balaban J connectivity index is 1.54. The third-order valence-electron chi connectivity index (χ3n) is 4.21. The Bertz CT molecular complexity index is 969. The van der Waals surface area contributed by atoms with Gasteiger partial charge in [-0.05, 0) is 46.5 Å². The van der Waals surface area contributed by atoms with Gasteiger partial charge in [-0.2, -0.15) is 0 Å². The van der Waals surface area contributed by atoms with Crippen molar-refractivity contribution < 1.29 is 14.3 Å².